The SMILES string of the molecule is CC(C)N1Cn2nc(-c3ccccc3Cl)c(-c3ccc(Cl)cc3)c2C1=O. The number of aromatic nitrogens is 2. The highest BCUT2D eigenvalue weighted by Crippen LogP contribution is 2.40. The second-order valence-corrected chi connectivity index (χ2v) is 7.41. The molecule has 0 aliphatic carbocycles. The second kappa shape index (κ2) is 6.45. The van der Waals surface area contributed by atoms with Crippen molar-refractivity contribution in [2.45, 2.75) is 26.6 Å². The molecule has 0 saturated carbocycles. The molecule has 4 rings (SSSR count). The van der Waals surface area contributed by atoms with Crippen LogP contribution < -0.4 is 0 Å². The molecule has 26 heavy (non-hydrogen) atoms. The molecule has 1 aliphatic rings. The van der Waals surface area contributed by atoms with Crippen LogP contribution in [0.3, 0.4) is 0 Å². The number of fused-ring (bicyclic) bond motifs is 1. The fourth-order valence-corrected chi connectivity index (χ4v) is 3.61. The van der Waals surface area contributed by atoms with Crippen molar-refractivity contribution in [2.75, 3.05) is 0 Å². The van der Waals surface area contributed by atoms with Gasteiger partial charge in [0, 0.05) is 22.2 Å². The van der Waals surface area contributed by atoms with Gasteiger partial charge in [-0.25, -0.2) is 4.68 Å². The Morgan fingerprint density at radius 3 is 2.38 bits per heavy atom. The van der Waals surface area contributed by atoms with Crippen LogP contribution in [0.25, 0.3) is 22.4 Å². The van der Waals surface area contributed by atoms with Gasteiger partial charge in [-0.1, -0.05) is 53.5 Å². The molecule has 2 aromatic carbocycles. The first-order valence-corrected chi connectivity index (χ1v) is 9.15. The highest BCUT2D eigenvalue weighted by atomic mass is 35.5. The summed E-state index contributed by atoms with van der Waals surface area (Å²) in [7, 11) is 0. The molecule has 1 amide bonds. The molecule has 1 aliphatic heterocycles. The molecular weight excluding hydrogens is 369 g/mol. The summed E-state index contributed by atoms with van der Waals surface area (Å²) in [6.07, 6.45) is 0. The Balaban J connectivity index is 1.97. The summed E-state index contributed by atoms with van der Waals surface area (Å²) in [5.41, 5.74) is 3.80. The van der Waals surface area contributed by atoms with Crippen LogP contribution in [0, 0.1) is 0 Å². The van der Waals surface area contributed by atoms with Gasteiger partial charge in [-0.3, -0.25) is 4.79 Å². The first-order chi connectivity index (χ1) is 12.5. The van der Waals surface area contributed by atoms with E-state index in [9.17, 15) is 4.79 Å². The van der Waals surface area contributed by atoms with Gasteiger partial charge in [0.25, 0.3) is 5.91 Å². The Morgan fingerprint density at radius 1 is 1.04 bits per heavy atom. The van der Waals surface area contributed by atoms with Crippen molar-refractivity contribution in [3.63, 3.8) is 0 Å². The smallest absolute Gasteiger partial charge is 0.274 e. The van der Waals surface area contributed by atoms with E-state index in [2.05, 4.69) is 0 Å². The average molecular weight is 386 g/mol. The number of benzene rings is 2. The van der Waals surface area contributed by atoms with Crippen molar-refractivity contribution in [3.05, 3.63) is 64.3 Å². The van der Waals surface area contributed by atoms with Crippen molar-refractivity contribution in [1.82, 2.24) is 14.7 Å². The number of amides is 1. The molecular formula is C20H17Cl2N3O. The number of hydrogen-bond acceptors (Lipinski definition) is 2. The maximum Gasteiger partial charge on any atom is 0.274 e. The summed E-state index contributed by atoms with van der Waals surface area (Å²) in [6.45, 7) is 4.44. The molecule has 0 radical (unpaired) electrons. The molecule has 0 saturated heterocycles. The van der Waals surface area contributed by atoms with E-state index in [-0.39, 0.29) is 11.9 Å². The van der Waals surface area contributed by atoms with Crippen LogP contribution in [-0.4, -0.2) is 26.6 Å². The quantitative estimate of drug-likeness (QED) is 0.609. The molecule has 0 bridgehead atoms. The summed E-state index contributed by atoms with van der Waals surface area (Å²) in [5.74, 6) is -0.0178. The van der Waals surface area contributed by atoms with Crippen LogP contribution in [0.4, 0.5) is 0 Å². The molecule has 4 nitrogen and oxygen atoms in total. The Hall–Kier alpha value is -2.30. The molecule has 0 spiro atoms. The van der Waals surface area contributed by atoms with E-state index in [1.165, 1.54) is 0 Å². The summed E-state index contributed by atoms with van der Waals surface area (Å²) in [6, 6.07) is 15.1. The normalized spacial score (nSPS) is 13.6. The van der Waals surface area contributed by atoms with E-state index in [0.717, 1.165) is 16.7 Å². The molecule has 0 atom stereocenters. The van der Waals surface area contributed by atoms with Crippen LogP contribution >= 0.6 is 23.2 Å². The monoisotopic (exact) mass is 385 g/mol. The predicted octanol–water partition coefficient (Wildman–Crippen LogP) is 5.35. The fraction of sp³-hybridized carbons (Fsp3) is 0.200. The van der Waals surface area contributed by atoms with Crippen molar-refractivity contribution in [3.8, 4) is 22.4 Å². The van der Waals surface area contributed by atoms with E-state index in [1.807, 2.05) is 62.4 Å². The lowest BCUT2D eigenvalue weighted by atomic mass is 9.98. The van der Waals surface area contributed by atoms with Crippen molar-refractivity contribution >= 4 is 29.1 Å². The van der Waals surface area contributed by atoms with Crippen LogP contribution in [0.5, 0.6) is 0 Å². The summed E-state index contributed by atoms with van der Waals surface area (Å²) < 4.78 is 1.77. The molecule has 0 unspecified atom stereocenters. The van der Waals surface area contributed by atoms with Crippen molar-refractivity contribution in [1.29, 1.82) is 0 Å². The molecule has 1 aromatic heterocycles. The third kappa shape index (κ3) is 2.70. The van der Waals surface area contributed by atoms with E-state index in [4.69, 9.17) is 28.3 Å². The van der Waals surface area contributed by atoms with Gasteiger partial charge in [0.15, 0.2) is 0 Å². The van der Waals surface area contributed by atoms with Crippen LogP contribution in [0.15, 0.2) is 48.5 Å². The first kappa shape index (κ1) is 17.1. The van der Waals surface area contributed by atoms with Gasteiger partial charge in [0.05, 0.1) is 5.02 Å². The number of halogens is 2. The predicted molar refractivity (Wildman–Crippen MR) is 104 cm³/mol. The lowest BCUT2D eigenvalue weighted by molar-refractivity contribution is 0.0714. The molecule has 3 aromatic rings. The summed E-state index contributed by atoms with van der Waals surface area (Å²) in [4.78, 5) is 14.8. The number of hydrogen-bond donors (Lipinski definition) is 0. The molecule has 2 heterocycles. The van der Waals surface area contributed by atoms with Crippen LogP contribution in [-0.2, 0) is 6.67 Å². The van der Waals surface area contributed by atoms with Gasteiger partial charge >= 0.3 is 0 Å². The van der Waals surface area contributed by atoms with Gasteiger partial charge in [-0.15, -0.1) is 0 Å². The topological polar surface area (TPSA) is 38.1 Å². The zero-order chi connectivity index (χ0) is 18.4. The maximum absolute atomic E-state index is 13.0. The molecule has 132 valence electrons. The molecule has 0 fully saturated rings. The Morgan fingerprint density at radius 2 is 1.73 bits per heavy atom. The van der Waals surface area contributed by atoms with Gasteiger partial charge in [-0.2, -0.15) is 5.10 Å². The van der Waals surface area contributed by atoms with Gasteiger partial charge in [-0.05, 0) is 37.6 Å². The van der Waals surface area contributed by atoms with Gasteiger partial charge in [0.2, 0.25) is 0 Å². The minimum atomic E-state index is -0.0178. The molecule has 6 heteroatoms. The molecule has 0 N–H and O–H groups in total. The van der Waals surface area contributed by atoms with E-state index in [1.54, 1.807) is 9.58 Å². The Labute approximate surface area is 161 Å². The maximum atomic E-state index is 13.0. The van der Waals surface area contributed by atoms with Crippen LogP contribution in [0.2, 0.25) is 10.0 Å². The second-order valence-electron chi connectivity index (χ2n) is 6.57. The highest BCUT2D eigenvalue weighted by molar-refractivity contribution is 6.33. The zero-order valence-corrected chi connectivity index (χ0v) is 15.9. The minimum absolute atomic E-state index is 0.0178. The number of carbonyl (C=O) groups is 1. The fourth-order valence-electron chi connectivity index (χ4n) is 3.26. The third-order valence-corrected chi connectivity index (χ3v) is 5.17. The number of rotatable bonds is 3. The number of nitrogens with zero attached hydrogens (tertiary/aromatic N) is 3. The van der Waals surface area contributed by atoms with Gasteiger partial charge < -0.3 is 4.90 Å². The third-order valence-electron chi connectivity index (χ3n) is 4.59. The highest BCUT2D eigenvalue weighted by Gasteiger charge is 2.36. The standard InChI is InChI=1S/C20H17Cl2N3O/c1-12(2)24-11-25-19(20(24)26)17(13-7-9-14(21)10-8-13)18(23-25)15-5-3-4-6-16(15)22/h3-10,12H,11H2,1-2H3. The van der Waals surface area contributed by atoms with E-state index in [0.29, 0.717) is 28.1 Å². The average Bonchev–Trinajstić information content (AvgIpc) is 3.13. The Bertz CT molecular complexity index is 993. The van der Waals surface area contributed by atoms with Gasteiger partial charge in [0.1, 0.15) is 18.1 Å². The minimum Gasteiger partial charge on any atom is -0.315 e. The largest absolute Gasteiger partial charge is 0.315 e. The van der Waals surface area contributed by atoms with Crippen molar-refractivity contribution < 1.29 is 4.79 Å². The Kier molecular flexibility index (Phi) is 4.25. The number of carbonyl (C=O) groups excluding carboxylic acids is 1. The zero-order valence-electron chi connectivity index (χ0n) is 14.4. The lowest BCUT2D eigenvalue weighted by Crippen LogP contribution is -2.31. The van der Waals surface area contributed by atoms with E-state index < -0.39 is 0 Å². The van der Waals surface area contributed by atoms with Crippen molar-refractivity contribution in [2.24, 2.45) is 0 Å². The first-order valence-electron chi connectivity index (χ1n) is 8.40. The lowest BCUT2D eigenvalue weighted by Gasteiger charge is -2.19. The van der Waals surface area contributed by atoms with Crippen LogP contribution in [0.1, 0.15) is 24.3 Å². The summed E-state index contributed by atoms with van der Waals surface area (Å²) in [5, 5.41) is 5.99. The summed E-state index contributed by atoms with van der Waals surface area (Å²) >= 11 is 12.5. The van der Waals surface area contributed by atoms with E-state index >= 15 is 0 Å².